The molecule has 0 N–H and O–H groups in total. The quantitative estimate of drug-likeness (QED) is 0.442. The molecule has 0 amide bonds. The average molecular weight is 459 g/mol. The summed E-state index contributed by atoms with van der Waals surface area (Å²) in [6.45, 7) is 2.92. The van der Waals surface area contributed by atoms with Gasteiger partial charge in [-0.3, -0.25) is 0 Å². The molecule has 1 aliphatic carbocycles. The third kappa shape index (κ3) is 5.24. The van der Waals surface area contributed by atoms with Crippen molar-refractivity contribution in [3.8, 4) is 5.75 Å². The maximum Gasteiger partial charge on any atom is 2.00 e. The number of fused-ring (bicyclic) bond motifs is 2. The van der Waals surface area contributed by atoms with Crippen molar-refractivity contribution in [1.29, 1.82) is 0 Å². The topological polar surface area (TPSA) is 52.4 Å². The molecule has 3 heterocycles. The van der Waals surface area contributed by atoms with Crippen molar-refractivity contribution in [2.45, 2.75) is 43.9 Å². The van der Waals surface area contributed by atoms with Crippen molar-refractivity contribution in [1.82, 2.24) is 19.9 Å². The Bertz CT molecular complexity index is 957. The predicted octanol–water partition coefficient (Wildman–Crippen LogP) is 3.67. The molecule has 2 fully saturated rings. The first-order valence-corrected chi connectivity index (χ1v) is 10.9. The summed E-state index contributed by atoms with van der Waals surface area (Å²) in [5.74, 6) is 1.01. The van der Waals surface area contributed by atoms with Gasteiger partial charge in [-0.15, -0.1) is 17.7 Å². The summed E-state index contributed by atoms with van der Waals surface area (Å²) in [5.41, 5.74) is 3.04. The van der Waals surface area contributed by atoms with Crippen LogP contribution in [0.5, 0.6) is 5.75 Å². The Hall–Kier alpha value is -2.05. The van der Waals surface area contributed by atoms with E-state index in [1.54, 1.807) is 0 Å². The Balaban J connectivity index is 0.000000155. The van der Waals surface area contributed by atoms with Gasteiger partial charge in [0.25, 0.3) is 0 Å². The van der Waals surface area contributed by atoms with Crippen molar-refractivity contribution in [2.75, 3.05) is 26.8 Å². The van der Waals surface area contributed by atoms with Crippen LogP contribution in [0.2, 0.25) is 0 Å². The van der Waals surface area contributed by atoms with E-state index in [1.165, 1.54) is 31.2 Å². The number of ether oxygens (including phenoxy) is 2. The SMILES string of the molecule is COC1CCCN(C2[CH-]c3ccccc3OC2)C1.[Mn+2].[c-]1cccc2nn(C3CC3)nc12. The summed E-state index contributed by atoms with van der Waals surface area (Å²) in [5, 5.41) is 8.67. The monoisotopic (exact) mass is 459 g/mol. The molecule has 7 heteroatoms. The Morgan fingerprint density at radius 2 is 2.00 bits per heavy atom. The van der Waals surface area contributed by atoms with Gasteiger partial charge in [-0.25, -0.2) is 5.10 Å². The number of para-hydroxylation sites is 1. The van der Waals surface area contributed by atoms with Crippen LogP contribution in [0.3, 0.4) is 0 Å². The maximum atomic E-state index is 5.84. The molecule has 1 saturated carbocycles. The largest absolute Gasteiger partial charge is 2.00 e. The second-order valence-corrected chi connectivity index (χ2v) is 8.23. The van der Waals surface area contributed by atoms with Gasteiger partial charge in [0.15, 0.2) is 0 Å². The van der Waals surface area contributed by atoms with Crippen LogP contribution in [0, 0.1) is 12.5 Å². The minimum absolute atomic E-state index is 0. The molecule has 2 unspecified atom stereocenters. The molecule has 1 saturated heterocycles. The second kappa shape index (κ2) is 10.0. The number of hydrogen-bond donors (Lipinski definition) is 0. The zero-order valence-electron chi connectivity index (χ0n) is 17.8. The molecule has 163 valence electrons. The predicted molar refractivity (Wildman–Crippen MR) is 115 cm³/mol. The molecule has 2 atom stereocenters. The van der Waals surface area contributed by atoms with Gasteiger partial charge in [0, 0.05) is 31.0 Å². The van der Waals surface area contributed by atoms with Crippen LogP contribution < -0.4 is 4.74 Å². The van der Waals surface area contributed by atoms with Crippen molar-refractivity contribution >= 4 is 11.0 Å². The Labute approximate surface area is 194 Å². The number of aromatic nitrogens is 3. The average Bonchev–Trinajstić information content (AvgIpc) is 3.58. The number of hydrogen-bond acceptors (Lipinski definition) is 5. The van der Waals surface area contributed by atoms with E-state index in [1.807, 2.05) is 42.2 Å². The summed E-state index contributed by atoms with van der Waals surface area (Å²) < 4.78 is 11.3. The Kier molecular flexibility index (Phi) is 7.18. The number of rotatable bonds is 3. The van der Waals surface area contributed by atoms with E-state index in [2.05, 4.69) is 39.7 Å². The summed E-state index contributed by atoms with van der Waals surface area (Å²) in [6.07, 6.45) is 7.55. The van der Waals surface area contributed by atoms with Gasteiger partial charge >= 0.3 is 17.1 Å². The summed E-state index contributed by atoms with van der Waals surface area (Å²) >= 11 is 0. The Morgan fingerprint density at radius 1 is 1.13 bits per heavy atom. The number of methoxy groups -OCH3 is 1. The van der Waals surface area contributed by atoms with E-state index < -0.39 is 0 Å². The van der Waals surface area contributed by atoms with E-state index >= 15 is 0 Å². The fourth-order valence-electron chi connectivity index (χ4n) is 4.13. The minimum atomic E-state index is 0. The molecule has 2 aliphatic heterocycles. The molecule has 31 heavy (non-hydrogen) atoms. The third-order valence-corrected chi connectivity index (χ3v) is 6.01. The van der Waals surface area contributed by atoms with Crippen LogP contribution in [0.15, 0.2) is 42.5 Å². The molecule has 1 aromatic heterocycles. The van der Waals surface area contributed by atoms with Crippen LogP contribution >= 0.6 is 0 Å². The number of nitrogens with zero attached hydrogens (tertiary/aromatic N) is 4. The molecule has 2 aromatic carbocycles. The van der Waals surface area contributed by atoms with Gasteiger partial charge in [0.1, 0.15) is 0 Å². The van der Waals surface area contributed by atoms with E-state index in [0.717, 1.165) is 36.5 Å². The van der Waals surface area contributed by atoms with Crippen LogP contribution in [-0.4, -0.2) is 58.8 Å². The second-order valence-electron chi connectivity index (χ2n) is 8.23. The van der Waals surface area contributed by atoms with Crippen LogP contribution in [0.25, 0.3) is 11.0 Å². The number of benzene rings is 2. The van der Waals surface area contributed by atoms with Crippen molar-refractivity contribution in [3.05, 3.63) is 60.5 Å². The van der Waals surface area contributed by atoms with Gasteiger partial charge in [-0.2, -0.15) is 40.6 Å². The number of likely N-dealkylation sites (tertiary alicyclic amines) is 1. The molecule has 0 spiro atoms. The van der Waals surface area contributed by atoms with Crippen molar-refractivity contribution in [3.63, 3.8) is 0 Å². The fourth-order valence-corrected chi connectivity index (χ4v) is 4.13. The smallest absolute Gasteiger partial charge is 0.550 e. The van der Waals surface area contributed by atoms with E-state index in [9.17, 15) is 0 Å². The molecule has 3 aromatic rings. The van der Waals surface area contributed by atoms with Gasteiger partial charge < -0.3 is 14.4 Å². The summed E-state index contributed by atoms with van der Waals surface area (Å²) in [7, 11) is 1.81. The number of piperidine rings is 1. The van der Waals surface area contributed by atoms with E-state index in [0.29, 0.717) is 18.2 Å². The molecule has 3 aliphatic rings. The molecular formula is C24H28MnN4O2. The standard InChI is InChI=1S/C15H20NO2.C9H8N3.Mn/c1-17-14-6-4-8-16(10-14)13-9-12-5-2-3-7-15(12)18-11-13;1-2-4-9-8(3-1)10-12(11-9)7-5-6-7;/h2-3,5,7,9,13-14H,4,6,8,10-11H2,1H3;1-3,7H,5-6H2;/q2*-1;+2. The van der Waals surface area contributed by atoms with Crippen LogP contribution in [-0.2, 0) is 21.8 Å². The van der Waals surface area contributed by atoms with Crippen LogP contribution in [0.1, 0.15) is 37.3 Å². The first kappa shape index (κ1) is 22.2. The van der Waals surface area contributed by atoms with Crippen molar-refractivity contribution < 1.29 is 26.5 Å². The molecule has 0 bridgehead atoms. The van der Waals surface area contributed by atoms with E-state index in [4.69, 9.17) is 9.47 Å². The van der Waals surface area contributed by atoms with Gasteiger partial charge in [0.2, 0.25) is 0 Å². The molecular weight excluding hydrogens is 431 g/mol. The normalized spacial score (nSPS) is 22.9. The summed E-state index contributed by atoms with van der Waals surface area (Å²) in [4.78, 5) is 4.30. The minimum Gasteiger partial charge on any atom is -0.550 e. The van der Waals surface area contributed by atoms with Gasteiger partial charge in [0.05, 0.1) is 18.8 Å². The molecule has 6 rings (SSSR count). The first-order valence-electron chi connectivity index (χ1n) is 10.9. The fraction of sp³-hybridized carbons (Fsp3) is 0.458. The van der Waals surface area contributed by atoms with Gasteiger partial charge in [-0.05, 0) is 37.7 Å². The van der Waals surface area contributed by atoms with Gasteiger partial charge in [-0.1, -0.05) is 12.1 Å². The maximum absolute atomic E-state index is 5.84. The Morgan fingerprint density at radius 3 is 2.81 bits per heavy atom. The van der Waals surface area contributed by atoms with E-state index in [-0.39, 0.29) is 17.1 Å². The zero-order chi connectivity index (χ0) is 20.3. The zero-order valence-corrected chi connectivity index (χ0v) is 19.0. The molecule has 1 radical (unpaired) electrons. The van der Waals surface area contributed by atoms with Crippen LogP contribution in [0.4, 0.5) is 0 Å². The molecule has 6 nitrogen and oxygen atoms in total. The summed E-state index contributed by atoms with van der Waals surface area (Å²) in [6, 6.07) is 18.0. The first-order chi connectivity index (χ1) is 14.8. The van der Waals surface area contributed by atoms with Crippen molar-refractivity contribution in [2.24, 2.45) is 0 Å². The third-order valence-electron chi connectivity index (χ3n) is 6.01.